The third-order valence-corrected chi connectivity index (χ3v) is 6.96. The van der Waals surface area contributed by atoms with E-state index in [9.17, 15) is 26.4 Å². The zero-order valence-electron chi connectivity index (χ0n) is 19.2. The van der Waals surface area contributed by atoms with Crippen molar-refractivity contribution in [2.45, 2.75) is 44.9 Å². The normalized spacial score (nSPS) is 22.2. The highest BCUT2D eigenvalue weighted by Crippen LogP contribution is 2.28. The lowest BCUT2D eigenvalue weighted by molar-refractivity contribution is -0.104. The number of carbonyl (C=O) groups is 1. The highest BCUT2D eigenvalue weighted by molar-refractivity contribution is 7.93. The fourth-order valence-electron chi connectivity index (χ4n) is 3.12. The molecule has 1 aliphatic heterocycles. The van der Waals surface area contributed by atoms with Gasteiger partial charge < -0.3 is 9.94 Å². The van der Waals surface area contributed by atoms with Gasteiger partial charge in [0, 0.05) is 31.3 Å². The number of nitrogens with one attached hydrogen (secondary N) is 1. The molecule has 1 saturated heterocycles. The standard InChI is InChI=1S/C22H26F3NO4S.CH5NO/c1-3-19(11-10-17(2)22(23,24)25)30-20-12-14-26(15-13-20)31(28,29)21-9-7-5-4-6-8-18(21)16-27;1-2-3/h3-5,8-11,16,20H,1,6-7,12-15H2,2H3;2-3H,1H3/b5-4?,17-10+,18-8-,19-11+,21-9+;. The molecule has 0 bridgehead atoms. The van der Waals surface area contributed by atoms with E-state index in [2.05, 4.69) is 6.58 Å². The van der Waals surface area contributed by atoms with Crippen LogP contribution in [0.2, 0.25) is 0 Å². The average Bonchev–Trinajstić information content (AvgIpc) is 2.76. The molecule has 2 N–H and O–H groups in total. The Kier molecular flexibility index (Phi) is 12.2. The van der Waals surface area contributed by atoms with Gasteiger partial charge in [-0.3, -0.25) is 4.79 Å². The van der Waals surface area contributed by atoms with Crippen LogP contribution in [0.4, 0.5) is 13.2 Å². The molecule has 0 radical (unpaired) electrons. The molecule has 0 amide bonds. The lowest BCUT2D eigenvalue weighted by Gasteiger charge is -2.32. The van der Waals surface area contributed by atoms with Crippen LogP contribution in [0.3, 0.4) is 0 Å². The van der Waals surface area contributed by atoms with Gasteiger partial charge in [-0.2, -0.15) is 17.5 Å². The minimum Gasteiger partial charge on any atom is -0.490 e. The molecule has 2 rings (SSSR count). The van der Waals surface area contributed by atoms with Crippen LogP contribution >= 0.6 is 0 Å². The fourth-order valence-corrected chi connectivity index (χ4v) is 4.83. The van der Waals surface area contributed by atoms with Gasteiger partial charge in [-0.05, 0) is 44.8 Å². The highest BCUT2D eigenvalue weighted by atomic mass is 32.2. The number of alkyl halides is 3. The lowest BCUT2D eigenvalue weighted by Crippen LogP contribution is -2.41. The molecule has 0 aromatic rings. The number of rotatable bonds is 7. The number of sulfonamides is 1. The maximum Gasteiger partial charge on any atom is 0.412 e. The molecule has 1 aliphatic carbocycles. The summed E-state index contributed by atoms with van der Waals surface area (Å²) in [5.41, 5.74) is 1.13. The summed E-state index contributed by atoms with van der Waals surface area (Å²) >= 11 is 0. The van der Waals surface area contributed by atoms with E-state index in [0.29, 0.717) is 32.0 Å². The predicted octanol–water partition coefficient (Wildman–Crippen LogP) is 4.33. The number of ether oxygens (including phenoxy) is 1. The first-order chi connectivity index (χ1) is 16.0. The molecule has 34 heavy (non-hydrogen) atoms. The van der Waals surface area contributed by atoms with Crippen LogP contribution in [0.25, 0.3) is 0 Å². The van der Waals surface area contributed by atoms with Crippen molar-refractivity contribution < 1.29 is 36.3 Å². The molecule has 0 unspecified atom stereocenters. The van der Waals surface area contributed by atoms with Crippen molar-refractivity contribution in [3.05, 3.63) is 70.9 Å². The van der Waals surface area contributed by atoms with Gasteiger partial charge in [-0.1, -0.05) is 37.0 Å². The van der Waals surface area contributed by atoms with Crippen molar-refractivity contribution in [3.63, 3.8) is 0 Å². The molecule has 0 spiro atoms. The first-order valence-electron chi connectivity index (χ1n) is 10.6. The number of hydrogen-bond donors (Lipinski definition) is 2. The van der Waals surface area contributed by atoms with Crippen molar-refractivity contribution in [2.24, 2.45) is 0 Å². The smallest absolute Gasteiger partial charge is 0.412 e. The van der Waals surface area contributed by atoms with Crippen molar-refractivity contribution in [3.8, 4) is 0 Å². The van der Waals surface area contributed by atoms with E-state index in [0.717, 1.165) is 13.0 Å². The molecule has 11 heteroatoms. The molecule has 190 valence electrons. The van der Waals surface area contributed by atoms with Crippen LogP contribution in [0.1, 0.15) is 32.6 Å². The number of halogens is 3. The molecule has 0 aromatic heterocycles. The van der Waals surface area contributed by atoms with Crippen molar-refractivity contribution in [1.82, 2.24) is 9.79 Å². The van der Waals surface area contributed by atoms with E-state index >= 15 is 0 Å². The molecule has 7 nitrogen and oxygen atoms in total. The third-order valence-electron chi connectivity index (χ3n) is 4.96. The average molecular weight is 505 g/mol. The number of hydrogen-bond acceptors (Lipinski definition) is 6. The summed E-state index contributed by atoms with van der Waals surface area (Å²) in [4.78, 5) is 11.4. The molecule has 0 saturated carbocycles. The van der Waals surface area contributed by atoms with E-state index in [4.69, 9.17) is 9.94 Å². The van der Waals surface area contributed by atoms with Gasteiger partial charge in [0.2, 0.25) is 10.0 Å². The Morgan fingerprint density at radius 3 is 2.26 bits per heavy atom. The number of nitrogens with zero attached hydrogens (tertiary/aromatic N) is 1. The Hall–Kier alpha value is -2.47. The second-order valence-corrected chi connectivity index (χ2v) is 9.26. The van der Waals surface area contributed by atoms with E-state index in [1.165, 1.54) is 29.6 Å². The van der Waals surface area contributed by atoms with Gasteiger partial charge in [0.15, 0.2) is 6.29 Å². The summed E-state index contributed by atoms with van der Waals surface area (Å²) in [6.45, 7) is 4.86. The zero-order valence-corrected chi connectivity index (χ0v) is 20.0. The van der Waals surface area contributed by atoms with Gasteiger partial charge >= 0.3 is 6.18 Å². The van der Waals surface area contributed by atoms with Crippen LogP contribution in [0.5, 0.6) is 0 Å². The van der Waals surface area contributed by atoms with Crippen molar-refractivity contribution in [1.29, 1.82) is 0 Å². The minimum atomic E-state index is -4.42. The number of aldehydes is 1. The summed E-state index contributed by atoms with van der Waals surface area (Å²) in [5, 5.41) is 7.32. The summed E-state index contributed by atoms with van der Waals surface area (Å²) < 4.78 is 71.0. The van der Waals surface area contributed by atoms with Crippen LogP contribution in [0, 0.1) is 0 Å². The summed E-state index contributed by atoms with van der Waals surface area (Å²) in [5.74, 6) is 0.186. The van der Waals surface area contributed by atoms with Crippen LogP contribution in [-0.4, -0.2) is 56.6 Å². The largest absolute Gasteiger partial charge is 0.490 e. The van der Waals surface area contributed by atoms with Gasteiger partial charge in [0.25, 0.3) is 0 Å². The molecule has 0 atom stereocenters. The first-order valence-corrected chi connectivity index (χ1v) is 12.0. The maximum absolute atomic E-state index is 13.1. The maximum atomic E-state index is 13.1. The number of piperidine rings is 1. The zero-order chi connectivity index (χ0) is 25.8. The van der Waals surface area contributed by atoms with Gasteiger partial charge in [-0.25, -0.2) is 13.9 Å². The fraction of sp³-hybridized carbons (Fsp3) is 0.435. The second kappa shape index (κ2) is 14.1. The van der Waals surface area contributed by atoms with Crippen molar-refractivity contribution >= 4 is 16.3 Å². The first kappa shape index (κ1) is 29.6. The second-order valence-electron chi connectivity index (χ2n) is 7.35. The molecule has 2 aliphatic rings. The van der Waals surface area contributed by atoms with Crippen LogP contribution in [0.15, 0.2) is 70.9 Å². The van der Waals surface area contributed by atoms with E-state index < -0.39 is 21.8 Å². The monoisotopic (exact) mass is 504 g/mol. The molecular weight excluding hydrogens is 473 g/mol. The summed E-state index contributed by atoms with van der Waals surface area (Å²) in [6, 6.07) is 0. The summed E-state index contributed by atoms with van der Waals surface area (Å²) in [7, 11) is -2.41. The Morgan fingerprint density at radius 1 is 1.21 bits per heavy atom. The quantitative estimate of drug-likeness (QED) is 0.176. The van der Waals surface area contributed by atoms with E-state index in [1.807, 2.05) is 12.2 Å². The molecule has 1 fully saturated rings. The summed E-state index contributed by atoms with van der Waals surface area (Å²) in [6.07, 6.45) is 7.64. The molecular formula is C23H31F3N2O5S. The molecule has 1 heterocycles. The Labute approximate surface area is 198 Å². The number of carbonyl (C=O) groups excluding carboxylic acids is 1. The van der Waals surface area contributed by atoms with Gasteiger partial charge in [0.05, 0.1) is 4.91 Å². The third kappa shape index (κ3) is 9.05. The van der Waals surface area contributed by atoms with Gasteiger partial charge in [0.1, 0.15) is 11.9 Å². The topological polar surface area (TPSA) is 95.9 Å². The predicted molar refractivity (Wildman–Crippen MR) is 124 cm³/mol. The number of hydroxylamine groups is 1. The SMILES string of the molecule is C=C/C(=C\C=C(/C)C(F)(F)F)OC1CCN(S(=O)(=O)C2=C/CC=CC/C=C\2C=O)CC1.CNO. The molecule has 0 aromatic carbocycles. The minimum absolute atomic E-state index is 0.00524. The Balaban J connectivity index is 0.00000182. The van der Waals surface area contributed by atoms with Crippen molar-refractivity contribution in [2.75, 3.05) is 20.1 Å². The van der Waals surface area contributed by atoms with E-state index in [-0.39, 0.29) is 35.4 Å². The van der Waals surface area contributed by atoms with Crippen LogP contribution < -0.4 is 5.48 Å². The highest BCUT2D eigenvalue weighted by Gasteiger charge is 2.33. The number of allylic oxidation sites excluding steroid dienone is 9. The Morgan fingerprint density at radius 2 is 1.76 bits per heavy atom. The van der Waals surface area contributed by atoms with Gasteiger partial charge in [-0.15, -0.1) is 0 Å². The Bertz CT molecular complexity index is 956. The van der Waals surface area contributed by atoms with Crippen LogP contribution in [-0.2, 0) is 19.6 Å². The lowest BCUT2D eigenvalue weighted by atomic mass is 10.1. The van der Waals surface area contributed by atoms with E-state index in [1.54, 1.807) is 11.6 Å².